The normalized spacial score (nSPS) is 17.7. The highest BCUT2D eigenvalue weighted by atomic mass is 16.5. The molecule has 1 amide bonds. The van der Waals surface area contributed by atoms with E-state index in [2.05, 4.69) is 17.1 Å². The Labute approximate surface area is 164 Å². The first-order valence-electron chi connectivity index (χ1n) is 10.4. The van der Waals surface area contributed by atoms with Crippen LogP contribution in [0.15, 0.2) is 24.3 Å². The average Bonchev–Trinajstić information content (AvgIpc) is 2.96. The van der Waals surface area contributed by atoms with Crippen molar-refractivity contribution in [1.29, 1.82) is 0 Å². The molecule has 1 N–H and O–H groups in total. The van der Waals surface area contributed by atoms with Crippen LogP contribution in [0.25, 0.3) is 0 Å². The van der Waals surface area contributed by atoms with Crippen LogP contribution >= 0.6 is 0 Å². The SMILES string of the molecule is CCCC[C@@](C)(OC)C(=O)Nc1ccc(OCCN2CCCCCC2)cc1. The quantitative estimate of drug-likeness (QED) is 0.654. The van der Waals surface area contributed by atoms with Crippen LogP contribution in [0.4, 0.5) is 5.69 Å². The van der Waals surface area contributed by atoms with Gasteiger partial charge in [-0.1, -0.05) is 32.6 Å². The second-order valence-corrected chi connectivity index (χ2v) is 7.62. The number of nitrogens with one attached hydrogen (secondary N) is 1. The maximum atomic E-state index is 12.6. The number of methoxy groups -OCH3 is 1. The van der Waals surface area contributed by atoms with E-state index >= 15 is 0 Å². The van der Waals surface area contributed by atoms with E-state index in [1.54, 1.807) is 7.11 Å². The third kappa shape index (κ3) is 7.15. The summed E-state index contributed by atoms with van der Waals surface area (Å²) >= 11 is 0. The Balaban J connectivity index is 1.79. The molecule has 0 bridgehead atoms. The highest BCUT2D eigenvalue weighted by Gasteiger charge is 2.32. The molecule has 0 aliphatic carbocycles. The summed E-state index contributed by atoms with van der Waals surface area (Å²) in [6.07, 6.45) is 8.01. The molecular formula is C22H36N2O3. The first-order valence-corrected chi connectivity index (χ1v) is 10.4. The third-order valence-corrected chi connectivity index (χ3v) is 5.43. The van der Waals surface area contributed by atoms with Crippen LogP contribution in [0.1, 0.15) is 58.8 Å². The highest BCUT2D eigenvalue weighted by Crippen LogP contribution is 2.22. The molecule has 1 aliphatic rings. The molecule has 1 aromatic carbocycles. The number of carbonyl (C=O) groups is 1. The second kappa shape index (κ2) is 11.3. The molecule has 2 rings (SSSR count). The number of benzene rings is 1. The highest BCUT2D eigenvalue weighted by molar-refractivity contribution is 5.97. The molecule has 5 nitrogen and oxygen atoms in total. The van der Waals surface area contributed by atoms with Gasteiger partial charge < -0.3 is 14.8 Å². The number of carbonyl (C=O) groups excluding carboxylic acids is 1. The first-order chi connectivity index (χ1) is 13.1. The summed E-state index contributed by atoms with van der Waals surface area (Å²) in [5.74, 6) is 0.733. The summed E-state index contributed by atoms with van der Waals surface area (Å²) in [5.41, 5.74) is -0.0298. The summed E-state index contributed by atoms with van der Waals surface area (Å²) in [6, 6.07) is 7.59. The number of anilines is 1. The predicted octanol–water partition coefficient (Wildman–Crippen LogP) is 4.48. The number of hydrogen-bond acceptors (Lipinski definition) is 4. The lowest BCUT2D eigenvalue weighted by atomic mass is 9.97. The summed E-state index contributed by atoms with van der Waals surface area (Å²) in [6.45, 7) is 8.00. The monoisotopic (exact) mass is 376 g/mol. The van der Waals surface area contributed by atoms with E-state index in [1.165, 1.54) is 38.8 Å². The van der Waals surface area contributed by atoms with Gasteiger partial charge in [-0.15, -0.1) is 0 Å². The molecule has 0 aromatic heterocycles. The van der Waals surface area contributed by atoms with Crippen LogP contribution < -0.4 is 10.1 Å². The van der Waals surface area contributed by atoms with Crippen LogP contribution in [0.3, 0.4) is 0 Å². The molecule has 1 aliphatic heterocycles. The Morgan fingerprint density at radius 2 is 1.81 bits per heavy atom. The van der Waals surface area contributed by atoms with Gasteiger partial charge in [-0.3, -0.25) is 9.69 Å². The first kappa shape index (κ1) is 21.7. The smallest absolute Gasteiger partial charge is 0.256 e. The Kier molecular flexibility index (Phi) is 9.08. The fourth-order valence-electron chi connectivity index (χ4n) is 3.37. The minimum absolute atomic E-state index is 0.103. The van der Waals surface area contributed by atoms with Gasteiger partial charge in [0.05, 0.1) is 0 Å². The van der Waals surface area contributed by atoms with Crippen molar-refractivity contribution in [2.24, 2.45) is 0 Å². The molecule has 1 heterocycles. The van der Waals surface area contributed by atoms with Gasteiger partial charge in [0.1, 0.15) is 18.0 Å². The zero-order valence-electron chi connectivity index (χ0n) is 17.3. The van der Waals surface area contributed by atoms with Crippen molar-refractivity contribution >= 4 is 11.6 Å². The van der Waals surface area contributed by atoms with E-state index in [-0.39, 0.29) is 5.91 Å². The Morgan fingerprint density at radius 1 is 1.15 bits per heavy atom. The molecule has 0 spiro atoms. The summed E-state index contributed by atoms with van der Waals surface area (Å²) in [7, 11) is 1.59. The number of likely N-dealkylation sites (tertiary alicyclic amines) is 1. The van der Waals surface area contributed by atoms with Crippen LogP contribution in [0.2, 0.25) is 0 Å². The van der Waals surface area contributed by atoms with Gasteiger partial charge in [-0.2, -0.15) is 0 Å². The molecule has 0 saturated carbocycles. The van der Waals surface area contributed by atoms with Gasteiger partial charge in [0.15, 0.2) is 0 Å². The molecule has 1 saturated heterocycles. The van der Waals surface area contributed by atoms with Gasteiger partial charge >= 0.3 is 0 Å². The number of hydrogen-bond donors (Lipinski definition) is 1. The van der Waals surface area contributed by atoms with E-state index in [4.69, 9.17) is 9.47 Å². The topological polar surface area (TPSA) is 50.8 Å². The number of unbranched alkanes of at least 4 members (excludes halogenated alkanes) is 1. The lowest BCUT2D eigenvalue weighted by Gasteiger charge is -2.26. The van der Waals surface area contributed by atoms with Gasteiger partial charge in [0, 0.05) is 19.3 Å². The number of amides is 1. The van der Waals surface area contributed by atoms with E-state index in [1.807, 2.05) is 31.2 Å². The molecule has 0 radical (unpaired) electrons. The second-order valence-electron chi connectivity index (χ2n) is 7.62. The molecule has 1 fully saturated rings. The average molecular weight is 377 g/mol. The standard InChI is InChI=1S/C22H36N2O3/c1-4-5-14-22(2,26-3)21(25)23-19-10-12-20(13-11-19)27-18-17-24-15-8-6-7-9-16-24/h10-13H,4-9,14-18H2,1-3H3,(H,23,25)/t22-/m1/s1. The van der Waals surface area contributed by atoms with Gasteiger partial charge in [0.2, 0.25) is 0 Å². The van der Waals surface area contributed by atoms with Gasteiger partial charge in [0.25, 0.3) is 5.91 Å². The Bertz CT molecular complexity index is 553. The predicted molar refractivity (Wildman–Crippen MR) is 110 cm³/mol. The molecule has 27 heavy (non-hydrogen) atoms. The van der Waals surface area contributed by atoms with Gasteiger partial charge in [-0.25, -0.2) is 0 Å². The summed E-state index contributed by atoms with van der Waals surface area (Å²) in [5, 5.41) is 2.96. The van der Waals surface area contributed by atoms with Crippen LogP contribution in [-0.2, 0) is 9.53 Å². The zero-order chi connectivity index (χ0) is 19.5. The Hall–Kier alpha value is -1.59. The lowest BCUT2D eigenvalue weighted by molar-refractivity contribution is -0.136. The fraction of sp³-hybridized carbons (Fsp3) is 0.682. The van der Waals surface area contributed by atoms with Gasteiger partial charge in [-0.05, 0) is 63.5 Å². The summed E-state index contributed by atoms with van der Waals surface area (Å²) in [4.78, 5) is 15.0. The van der Waals surface area contributed by atoms with Crippen molar-refractivity contribution in [1.82, 2.24) is 4.90 Å². The van der Waals surface area contributed by atoms with Crippen molar-refractivity contribution in [3.05, 3.63) is 24.3 Å². The fourth-order valence-corrected chi connectivity index (χ4v) is 3.37. The Morgan fingerprint density at radius 3 is 2.41 bits per heavy atom. The minimum Gasteiger partial charge on any atom is -0.492 e. The van der Waals surface area contributed by atoms with E-state index in [9.17, 15) is 4.79 Å². The number of rotatable bonds is 10. The van der Waals surface area contributed by atoms with Crippen LogP contribution in [-0.4, -0.2) is 49.8 Å². The number of nitrogens with zero attached hydrogens (tertiary/aromatic N) is 1. The minimum atomic E-state index is -0.793. The zero-order valence-corrected chi connectivity index (χ0v) is 17.3. The molecule has 5 heteroatoms. The van der Waals surface area contributed by atoms with Crippen molar-refractivity contribution in [3.63, 3.8) is 0 Å². The van der Waals surface area contributed by atoms with Crippen molar-refractivity contribution < 1.29 is 14.3 Å². The summed E-state index contributed by atoms with van der Waals surface area (Å²) < 4.78 is 11.3. The van der Waals surface area contributed by atoms with E-state index in [0.717, 1.165) is 30.8 Å². The third-order valence-electron chi connectivity index (χ3n) is 5.43. The van der Waals surface area contributed by atoms with Crippen molar-refractivity contribution in [2.45, 2.75) is 64.4 Å². The van der Waals surface area contributed by atoms with Crippen molar-refractivity contribution in [3.8, 4) is 5.75 Å². The molecule has 0 unspecified atom stereocenters. The maximum absolute atomic E-state index is 12.6. The van der Waals surface area contributed by atoms with Crippen LogP contribution in [0, 0.1) is 0 Å². The molecule has 152 valence electrons. The largest absolute Gasteiger partial charge is 0.492 e. The maximum Gasteiger partial charge on any atom is 0.256 e. The number of ether oxygens (including phenoxy) is 2. The van der Waals surface area contributed by atoms with E-state index in [0.29, 0.717) is 13.0 Å². The van der Waals surface area contributed by atoms with E-state index < -0.39 is 5.60 Å². The van der Waals surface area contributed by atoms with Crippen LogP contribution in [0.5, 0.6) is 5.75 Å². The molecule has 1 aromatic rings. The van der Waals surface area contributed by atoms with Crippen molar-refractivity contribution in [2.75, 3.05) is 38.7 Å². The molecular weight excluding hydrogens is 340 g/mol. The lowest BCUT2D eigenvalue weighted by Crippen LogP contribution is -2.41. The molecule has 1 atom stereocenters.